The summed E-state index contributed by atoms with van der Waals surface area (Å²) in [5.41, 5.74) is 2.16. The van der Waals surface area contributed by atoms with Crippen molar-refractivity contribution < 1.29 is 9.72 Å². The third-order valence-corrected chi connectivity index (χ3v) is 3.96. The van der Waals surface area contributed by atoms with Crippen LogP contribution in [0.5, 0.6) is 0 Å². The first kappa shape index (κ1) is 14.6. The van der Waals surface area contributed by atoms with Gasteiger partial charge in [-0.3, -0.25) is 20.0 Å². The number of nitro groups is 1. The maximum atomic E-state index is 11.1. The predicted octanol–water partition coefficient (Wildman–Crippen LogP) is 2.02. The SMILES string of the molecule is Cc1cnc(CN2CCC(C=O)CC2)c(C)c1[N+](=O)[O-]. The number of likely N-dealkylation sites (tertiary alicyclic amines) is 1. The summed E-state index contributed by atoms with van der Waals surface area (Å²) in [5.74, 6) is 0.160. The van der Waals surface area contributed by atoms with Crippen LogP contribution in [-0.4, -0.2) is 34.2 Å². The van der Waals surface area contributed by atoms with Crippen molar-refractivity contribution in [3.8, 4) is 0 Å². The molecule has 6 nitrogen and oxygen atoms in total. The minimum absolute atomic E-state index is 0.160. The predicted molar refractivity (Wildman–Crippen MR) is 74.4 cm³/mol. The van der Waals surface area contributed by atoms with Crippen molar-refractivity contribution in [3.63, 3.8) is 0 Å². The molecule has 1 aromatic heterocycles. The molecule has 0 N–H and O–H groups in total. The molecule has 0 unspecified atom stereocenters. The lowest BCUT2D eigenvalue weighted by Gasteiger charge is -2.29. The standard InChI is InChI=1S/C14H19N3O3/c1-10-7-15-13(11(2)14(10)17(19)20)8-16-5-3-12(9-18)4-6-16/h7,9,12H,3-6,8H2,1-2H3. The zero-order valence-corrected chi connectivity index (χ0v) is 11.8. The summed E-state index contributed by atoms with van der Waals surface area (Å²) < 4.78 is 0. The van der Waals surface area contributed by atoms with E-state index in [4.69, 9.17) is 0 Å². The number of aldehydes is 1. The number of carbonyl (C=O) groups is 1. The van der Waals surface area contributed by atoms with E-state index in [9.17, 15) is 14.9 Å². The molecule has 0 amide bonds. The lowest BCUT2D eigenvalue weighted by atomic mass is 9.98. The fraction of sp³-hybridized carbons (Fsp3) is 0.571. The van der Waals surface area contributed by atoms with E-state index in [2.05, 4.69) is 9.88 Å². The van der Waals surface area contributed by atoms with E-state index in [1.807, 2.05) is 0 Å². The van der Waals surface area contributed by atoms with Crippen LogP contribution in [0.3, 0.4) is 0 Å². The molecule has 1 aromatic rings. The average molecular weight is 277 g/mol. The molecular formula is C14H19N3O3. The molecule has 20 heavy (non-hydrogen) atoms. The van der Waals surface area contributed by atoms with Gasteiger partial charge in [-0.15, -0.1) is 0 Å². The Bertz CT molecular complexity index is 523. The van der Waals surface area contributed by atoms with E-state index in [1.54, 1.807) is 20.0 Å². The number of hydrogen-bond donors (Lipinski definition) is 0. The lowest BCUT2D eigenvalue weighted by Crippen LogP contribution is -2.34. The van der Waals surface area contributed by atoms with Gasteiger partial charge in [0.15, 0.2) is 0 Å². The molecule has 1 fully saturated rings. The molecule has 0 saturated carbocycles. The molecule has 0 bridgehead atoms. The minimum Gasteiger partial charge on any atom is -0.303 e. The number of piperidine rings is 1. The molecule has 1 aliphatic heterocycles. The number of rotatable bonds is 4. The van der Waals surface area contributed by atoms with Crippen LogP contribution in [0.15, 0.2) is 6.20 Å². The summed E-state index contributed by atoms with van der Waals surface area (Å²) in [7, 11) is 0. The Balaban J connectivity index is 2.13. The summed E-state index contributed by atoms with van der Waals surface area (Å²) >= 11 is 0. The van der Waals surface area contributed by atoms with Crippen molar-refractivity contribution in [2.75, 3.05) is 13.1 Å². The smallest absolute Gasteiger partial charge is 0.278 e. The molecule has 0 aliphatic carbocycles. The Kier molecular flexibility index (Phi) is 4.44. The van der Waals surface area contributed by atoms with Crippen LogP contribution >= 0.6 is 0 Å². The monoisotopic (exact) mass is 277 g/mol. The van der Waals surface area contributed by atoms with Crippen LogP contribution < -0.4 is 0 Å². The third-order valence-electron chi connectivity index (χ3n) is 3.96. The van der Waals surface area contributed by atoms with Crippen molar-refractivity contribution in [1.82, 2.24) is 9.88 Å². The number of nitrogens with zero attached hydrogens (tertiary/aromatic N) is 3. The van der Waals surface area contributed by atoms with E-state index in [1.165, 1.54) is 0 Å². The average Bonchev–Trinajstić information content (AvgIpc) is 2.42. The Hall–Kier alpha value is -1.82. The van der Waals surface area contributed by atoms with Gasteiger partial charge >= 0.3 is 0 Å². The highest BCUT2D eigenvalue weighted by atomic mass is 16.6. The van der Waals surface area contributed by atoms with E-state index in [0.29, 0.717) is 17.7 Å². The van der Waals surface area contributed by atoms with Gasteiger partial charge in [0.2, 0.25) is 0 Å². The van der Waals surface area contributed by atoms with Crippen molar-refractivity contribution in [2.24, 2.45) is 5.92 Å². The van der Waals surface area contributed by atoms with Gasteiger partial charge in [-0.05, 0) is 39.8 Å². The largest absolute Gasteiger partial charge is 0.303 e. The van der Waals surface area contributed by atoms with E-state index < -0.39 is 0 Å². The van der Waals surface area contributed by atoms with Crippen molar-refractivity contribution in [3.05, 3.63) is 33.1 Å². The summed E-state index contributed by atoms with van der Waals surface area (Å²) in [5, 5.41) is 11.1. The summed E-state index contributed by atoms with van der Waals surface area (Å²) in [4.78, 5) is 28.0. The van der Waals surface area contributed by atoms with Gasteiger partial charge in [0.05, 0.1) is 10.6 Å². The summed E-state index contributed by atoms with van der Waals surface area (Å²) in [6.07, 6.45) is 4.31. The van der Waals surface area contributed by atoms with Crippen LogP contribution in [0, 0.1) is 29.9 Å². The van der Waals surface area contributed by atoms with Gasteiger partial charge in [0.25, 0.3) is 5.69 Å². The van der Waals surface area contributed by atoms with Gasteiger partial charge in [-0.1, -0.05) is 0 Å². The summed E-state index contributed by atoms with van der Waals surface area (Å²) in [6.45, 7) is 5.75. The fourth-order valence-electron chi connectivity index (χ4n) is 2.66. The zero-order valence-electron chi connectivity index (χ0n) is 11.8. The van der Waals surface area contributed by atoms with E-state index in [-0.39, 0.29) is 16.5 Å². The molecule has 2 heterocycles. The molecule has 2 rings (SSSR count). The number of carbonyl (C=O) groups excluding carboxylic acids is 1. The number of aryl methyl sites for hydroxylation is 1. The Labute approximate surface area is 118 Å². The maximum absolute atomic E-state index is 11.1. The fourth-order valence-corrected chi connectivity index (χ4v) is 2.66. The number of hydrogen-bond acceptors (Lipinski definition) is 5. The molecule has 6 heteroatoms. The van der Waals surface area contributed by atoms with Crippen molar-refractivity contribution in [1.29, 1.82) is 0 Å². The molecule has 0 aromatic carbocycles. The first-order valence-corrected chi connectivity index (χ1v) is 6.80. The number of aromatic nitrogens is 1. The minimum atomic E-state index is -0.339. The van der Waals surface area contributed by atoms with Gasteiger partial charge in [-0.25, -0.2) is 0 Å². The van der Waals surface area contributed by atoms with Gasteiger partial charge in [0.1, 0.15) is 6.29 Å². The highest BCUT2D eigenvalue weighted by molar-refractivity contribution is 5.53. The molecule has 108 valence electrons. The Morgan fingerprint density at radius 2 is 2.10 bits per heavy atom. The van der Waals surface area contributed by atoms with Crippen LogP contribution in [0.2, 0.25) is 0 Å². The van der Waals surface area contributed by atoms with E-state index >= 15 is 0 Å². The van der Waals surface area contributed by atoms with Crippen LogP contribution in [0.4, 0.5) is 5.69 Å². The number of pyridine rings is 1. The highest BCUT2D eigenvalue weighted by Gasteiger charge is 2.23. The quantitative estimate of drug-likeness (QED) is 0.478. The first-order chi connectivity index (χ1) is 9.52. The van der Waals surface area contributed by atoms with Gasteiger partial charge in [0, 0.05) is 29.8 Å². The Morgan fingerprint density at radius 3 is 2.65 bits per heavy atom. The topological polar surface area (TPSA) is 76.3 Å². The maximum Gasteiger partial charge on any atom is 0.278 e. The van der Waals surface area contributed by atoms with Gasteiger partial charge < -0.3 is 4.79 Å². The summed E-state index contributed by atoms with van der Waals surface area (Å²) in [6, 6.07) is 0. The van der Waals surface area contributed by atoms with Crippen molar-refractivity contribution in [2.45, 2.75) is 33.2 Å². The van der Waals surface area contributed by atoms with Crippen molar-refractivity contribution >= 4 is 12.0 Å². The molecular weight excluding hydrogens is 258 g/mol. The molecule has 0 spiro atoms. The zero-order chi connectivity index (χ0) is 14.7. The Morgan fingerprint density at radius 1 is 1.45 bits per heavy atom. The van der Waals surface area contributed by atoms with Crippen LogP contribution in [0.25, 0.3) is 0 Å². The van der Waals surface area contributed by atoms with Crippen LogP contribution in [-0.2, 0) is 11.3 Å². The van der Waals surface area contributed by atoms with E-state index in [0.717, 1.165) is 37.9 Å². The second-order valence-electron chi connectivity index (χ2n) is 5.37. The third kappa shape index (κ3) is 3.01. The second kappa shape index (κ2) is 6.09. The second-order valence-corrected chi connectivity index (χ2v) is 5.37. The molecule has 0 radical (unpaired) electrons. The molecule has 0 atom stereocenters. The molecule has 1 aliphatic rings. The first-order valence-electron chi connectivity index (χ1n) is 6.80. The van der Waals surface area contributed by atoms with Gasteiger partial charge in [-0.2, -0.15) is 0 Å². The lowest BCUT2D eigenvalue weighted by molar-refractivity contribution is -0.386. The normalized spacial score (nSPS) is 17.1. The highest BCUT2D eigenvalue weighted by Crippen LogP contribution is 2.25. The van der Waals surface area contributed by atoms with Crippen LogP contribution in [0.1, 0.15) is 29.7 Å². The molecule has 1 saturated heterocycles.